The summed E-state index contributed by atoms with van der Waals surface area (Å²) in [6, 6.07) is 13.2. The molecule has 0 bridgehead atoms. The van der Waals surface area contributed by atoms with Crippen molar-refractivity contribution < 1.29 is 9.53 Å². The van der Waals surface area contributed by atoms with Crippen molar-refractivity contribution in [3.05, 3.63) is 59.2 Å². The van der Waals surface area contributed by atoms with E-state index in [1.54, 1.807) is 12.1 Å². The van der Waals surface area contributed by atoms with Gasteiger partial charge in [-0.05, 0) is 43.8 Å². The van der Waals surface area contributed by atoms with Crippen molar-refractivity contribution in [1.82, 2.24) is 10.2 Å². The number of nitrogens with one attached hydrogen (secondary N) is 1. The first-order chi connectivity index (χ1) is 12.5. The number of amides is 1. The molecule has 0 spiro atoms. The van der Waals surface area contributed by atoms with Crippen LogP contribution < -0.4 is 15.8 Å². The summed E-state index contributed by atoms with van der Waals surface area (Å²) in [5.74, 6) is 0.678. The Labute approximate surface area is 180 Å². The van der Waals surface area contributed by atoms with Gasteiger partial charge in [-0.25, -0.2) is 0 Å². The Kier molecular flexibility index (Phi) is 12.3. The van der Waals surface area contributed by atoms with Crippen molar-refractivity contribution in [3.8, 4) is 5.75 Å². The number of nitrogens with zero attached hydrogens (tertiary/aromatic N) is 1. The maximum atomic E-state index is 12.5. The molecule has 0 unspecified atom stereocenters. The zero-order valence-corrected chi connectivity index (χ0v) is 18.4. The molecule has 0 aliphatic heterocycles. The van der Waals surface area contributed by atoms with Gasteiger partial charge >= 0.3 is 0 Å². The topological polar surface area (TPSA) is 67.6 Å². The monoisotopic (exact) mass is 427 g/mol. The first-order valence-corrected chi connectivity index (χ1v) is 9.12. The minimum Gasteiger partial charge on any atom is -0.492 e. The van der Waals surface area contributed by atoms with Gasteiger partial charge < -0.3 is 20.7 Å². The van der Waals surface area contributed by atoms with Crippen LogP contribution in [-0.4, -0.2) is 37.0 Å². The molecule has 2 rings (SSSR count). The van der Waals surface area contributed by atoms with Crippen molar-refractivity contribution in [3.63, 3.8) is 0 Å². The van der Waals surface area contributed by atoms with Crippen molar-refractivity contribution in [2.75, 3.05) is 32.0 Å². The van der Waals surface area contributed by atoms with Gasteiger partial charge in [0.1, 0.15) is 12.4 Å². The molecule has 7 heteroatoms. The van der Waals surface area contributed by atoms with Crippen LogP contribution in [-0.2, 0) is 6.54 Å². The SMILES string of the molecule is CCN(CC)CCOc1ccccc1CNC(=O)c1cc(N)ccc1C.Cl.Cl. The van der Waals surface area contributed by atoms with E-state index in [1.165, 1.54) is 0 Å². The van der Waals surface area contributed by atoms with Gasteiger partial charge in [-0.3, -0.25) is 4.79 Å². The zero-order valence-electron chi connectivity index (χ0n) is 16.7. The molecular formula is C21H31Cl2N3O2. The van der Waals surface area contributed by atoms with Gasteiger partial charge in [0.2, 0.25) is 0 Å². The molecule has 0 atom stereocenters. The highest BCUT2D eigenvalue weighted by Gasteiger charge is 2.11. The lowest BCUT2D eigenvalue weighted by atomic mass is 10.1. The number of halogens is 2. The van der Waals surface area contributed by atoms with Crippen molar-refractivity contribution >= 4 is 36.4 Å². The van der Waals surface area contributed by atoms with Gasteiger partial charge in [-0.15, -0.1) is 24.8 Å². The summed E-state index contributed by atoms with van der Waals surface area (Å²) >= 11 is 0. The third-order valence-electron chi connectivity index (χ3n) is 4.48. The molecule has 0 saturated heterocycles. The van der Waals surface area contributed by atoms with Gasteiger partial charge in [-0.2, -0.15) is 0 Å². The first kappa shape index (κ1) is 26.1. The van der Waals surface area contributed by atoms with Crippen LogP contribution >= 0.6 is 24.8 Å². The number of benzene rings is 2. The number of hydrogen-bond donors (Lipinski definition) is 2. The lowest BCUT2D eigenvalue weighted by molar-refractivity contribution is 0.0950. The second-order valence-corrected chi connectivity index (χ2v) is 6.24. The van der Waals surface area contributed by atoms with E-state index in [0.29, 0.717) is 24.4 Å². The molecule has 0 heterocycles. The number of carbonyl (C=O) groups is 1. The maximum Gasteiger partial charge on any atom is 0.251 e. The number of hydrogen-bond acceptors (Lipinski definition) is 4. The fourth-order valence-corrected chi connectivity index (χ4v) is 2.77. The highest BCUT2D eigenvalue weighted by Crippen LogP contribution is 2.18. The summed E-state index contributed by atoms with van der Waals surface area (Å²) < 4.78 is 5.94. The average Bonchev–Trinajstić information content (AvgIpc) is 2.66. The Morgan fingerprint density at radius 2 is 1.79 bits per heavy atom. The molecular weight excluding hydrogens is 397 g/mol. The molecule has 0 fully saturated rings. The smallest absolute Gasteiger partial charge is 0.251 e. The summed E-state index contributed by atoms with van der Waals surface area (Å²) in [6.45, 7) is 10.1. The largest absolute Gasteiger partial charge is 0.492 e. The number of ether oxygens (including phenoxy) is 1. The van der Waals surface area contributed by atoms with E-state index in [0.717, 1.165) is 36.5 Å². The number of anilines is 1. The van der Waals surface area contributed by atoms with Crippen LogP contribution in [0.1, 0.15) is 35.3 Å². The number of likely N-dealkylation sites (N-methyl/N-ethyl adjacent to an activating group) is 1. The molecule has 0 radical (unpaired) electrons. The van der Waals surface area contributed by atoms with E-state index in [2.05, 4.69) is 24.1 Å². The van der Waals surface area contributed by atoms with Crippen molar-refractivity contribution in [2.24, 2.45) is 0 Å². The molecule has 156 valence electrons. The fourth-order valence-electron chi connectivity index (χ4n) is 2.77. The number of aryl methyl sites for hydroxylation is 1. The van der Waals surface area contributed by atoms with Crippen LogP contribution in [0.3, 0.4) is 0 Å². The van der Waals surface area contributed by atoms with E-state index < -0.39 is 0 Å². The van der Waals surface area contributed by atoms with Gasteiger partial charge in [-0.1, -0.05) is 38.1 Å². The highest BCUT2D eigenvalue weighted by atomic mass is 35.5. The Hall–Kier alpha value is -1.95. The average molecular weight is 428 g/mol. The number of nitrogens with two attached hydrogens (primary N) is 1. The number of para-hydroxylation sites is 1. The van der Waals surface area contributed by atoms with Gasteiger partial charge in [0.05, 0.1) is 0 Å². The molecule has 2 aromatic carbocycles. The summed E-state index contributed by atoms with van der Waals surface area (Å²) in [5.41, 5.74) is 8.84. The van der Waals surface area contributed by atoms with E-state index in [9.17, 15) is 4.79 Å². The van der Waals surface area contributed by atoms with Crippen LogP contribution in [0.25, 0.3) is 0 Å². The molecule has 1 amide bonds. The van der Waals surface area contributed by atoms with Gasteiger partial charge in [0.25, 0.3) is 5.91 Å². The number of carbonyl (C=O) groups excluding carboxylic acids is 1. The molecule has 3 N–H and O–H groups in total. The Balaban J connectivity index is 0.00000364. The van der Waals surface area contributed by atoms with E-state index in [-0.39, 0.29) is 30.7 Å². The minimum atomic E-state index is -0.132. The predicted octanol–water partition coefficient (Wildman–Crippen LogP) is 4.07. The third kappa shape index (κ3) is 7.58. The summed E-state index contributed by atoms with van der Waals surface area (Å²) in [5, 5.41) is 2.96. The minimum absolute atomic E-state index is 0. The van der Waals surface area contributed by atoms with Crippen molar-refractivity contribution in [2.45, 2.75) is 27.3 Å². The fraction of sp³-hybridized carbons (Fsp3) is 0.381. The van der Waals surface area contributed by atoms with E-state index >= 15 is 0 Å². The number of rotatable bonds is 9. The molecule has 0 aliphatic carbocycles. The molecule has 5 nitrogen and oxygen atoms in total. The van der Waals surface area contributed by atoms with E-state index in [4.69, 9.17) is 10.5 Å². The predicted molar refractivity (Wildman–Crippen MR) is 121 cm³/mol. The lowest BCUT2D eigenvalue weighted by Crippen LogP contribution is -2.28. The number of nitrogen functional groups attached to an aromatic ring is 1. The lowest BCUT2D eigenvalue weighted by Gasteiger charge is -2.19. The standard InChI is InChI=1S/C21H29N3O2.2ClH/c1-4-24(5-2)12-13-26-20-9-7-6-8-17(20)15-23-21(25)19-14-18(22)11-10-16(19)3;;/h6-11,14H,4-5,12-13,15,22H2,1-3H3,(H,23,25);2*1H. The van der Waals surface area contributed by atoms with Gasteiger partial charge in [0, 0.05) is 29.9 Å². The maximum absolute atomic E-state index is 12.5. The molecule has 0 aliphatic rings. The Bertz CT molecular complexity index is 737. The van der Waals surface area contributed by atoms with Crippen molar-refractivity contribution in [1.29, 1.82) is 0 Å². The first-order valence-electron chi connectivity index (χ1n) is 9.12. The summed E-state index contributed by atoms with van der Waals surface area (Å²) in [4.78, 5) is 14.8. The summed E-state index contributed by atoms with van der Waals surface area (Å²) in [6.07, 6.45) is 0. The Morgan fingerprint density at radius 3 is 2.46 bits per heavy atom. The molecule has 28 heavy (non-hydrogen) atoms. The van der Waals surface area contributed by atoms with Crippen LogP contribution in [0.15, 0.2) is 42.5 Å². The normalized spacial score (nSPS) is 10.0. The van der Waals surface area contributed by atoms with Crippen LogP contribution in [0.2, 0.25) is 0 Å². The van der Waals surface area contributed by atoms with Gasteiger partial charge in [0.15, 0.2) is 0 Å². The summed E-state index contributed by atoms with van der Waals surface area (Å²) in [7, 11) is 0. The Morgan fingerprint density at radius 1 is 1.11 bits per heavy atom. The van der Waals surface area contributed by atoms with Crippen LogP contribution in [0, 0.1) is 6.92 Å². The van der Waals surface area contributed by atoms with Crippen LogP contribution in [0.4, 0.5) is 5.69 Å². The molecule has 0 aromatic heterocycles. The quantitative estimate of drug-likeness (QED) is 0.591. The molecule has 0 saturated carbocycles. The zero-order chi connectivity index (χ0) is 18.9. The second kappa shape index (κ2) is 13.3. The second-order valence-electron chi connectivity index (χ2n) is 6.24. The van der Waals surface area contributed by atoms with E-state index in [1.807, 2.05) is 37.3 Å². The molecule has 2 aromatic rings. The third-order valence-corrected chi connectivity index (χ3v) is 4.48. The van der Waals surface area contributed by atoms with Crippen LogP contribution in [0.5, 0.6) is 5.75 Å². The highest BCUT2D eigenvalue weighted by molar-refractivity contribution is 5.96.